The van der Waals surface area contributed by atoms with Crippen LogP contribution in [-0.4, -0.2) is 15.1 Å². The van der Waals surface area contributed by atoms with E-state index in [-0.39, 0.29) is 0 Å². The van der Waals surface area contributed by atoms with Crippen molar-refractivity contribution in [3.63, 3.8) is 0 Å². The Labute approximate surface area is 100 Å². The molecule has 1 unspecified atom stereocenters. The lowest BCUT2D eigenvalue weighted by molar-refractivity contribution is 0.373. The van der Waals surface area contributed by atoms with Crippen molar-refractivity contribution in [2.45, 2.75) is 32.1 Å². The van der Waals surface area contributed by atoms with Crippen LogP contribution in [0.4, 0.5) is 0 Å². The Bertz CT molecular complexity index is 302. The molecule has 1 aromatic rings. The van der Waals surface area contributed by atoms with Gasteiger partial charge in [-0.15, -0.1) is 0 Å². The van der Waals surface area contributed by atoms with E-state index in [2.05, 4.69) is 27.2 Å². The maximum Gasteiger partial charge on any atom is 0.0521 e. The first-order valence-electron chi connectivity index (χ1n) is 5.83. The minimum absolute atomic E-state index is 0.802. The average molecular weight is 271 g/mol. The third-order valence-electron chi connectivity index (χ3n) is 3.52. The molecule has 1 heterocycles. The lowest BCUT2D eigenvalue weighted by Gasteiger charge is -2.20. The lowest BCUT2D eigenvalue weighted by Crippen LogP contribution is -2.15. The molecule has 1 saturated carbocycles. The lowest BCUT2D eigenvalue weighted by atomic mass is 9.88. The molecule has 1 aliphatic carbocycles. The van der Waals surface area contributed by atoms with Crippen LogP contribution in [-0.2, 0) is 13.5 Å². The van der Waals surface area contributed by atoms with Crippen molar-refractivity contribution in [1.82, 2.24) is 9.78 Å². The Morgan fingerprint density at radius 2 is 2.27 bits per heavy atom. The SMILES string of the molecule is Cn1cc(CC(CBr)C2CCCC2)cn1. The first kappa shape index (κ1) is 11.2. The Morgan fingerprint density at radius 1 is 1.53 bits per heavy atom. The van der Waals surface area contributed by atoms with Crippen LogP contribution in [0.5, 0.6) is 0 Å². The molecule has 15 heavy (non-hydrogen) atoms. The summed E-state index contributed by atoms with van der Waals surface area (Å²) in [5.41, 5.74) is 1.38. The molecule has 0 amide bonds. The van der Waals surface area contributed by atoms with Crippen molar-refractivity contribution in [3.05, 3.63) is 18.0 Å². The topological polar surface area (TPSA) is 17.8 Å². The molecule has 0 spiro atoms. The van der Waals surface area contributed by atoms with Crippen LogP contribution in [0, 0.1) is 11.8 Å². The second-order valence-electron chi connectivity index (χ2n) is 4.69. The summed E-state index contributed by atoms with van der Waals surface area (Å²) >= 11 is 3.66. The first-order chi connectivity index (χ1) is 7.29. The molecular formula is C12H19BrN2. The van der Waals surface area contributed by atoms with Gasteiger partial charge in [0.1, 0.15) is 0 Å². The number of hydrogen-bond donors (Lipinski definition) is 0. The zero-order chi connectivity index (χ0) is 10.7. The van der Waals surface area contributed by atoms with Crippen molar-refractivity contribution in [3.8, 4) is 0 Å². The van der Waals surface area contributed by atoms with Gasteiger partial charge in [0.05, 0.1) is 6.20 Å². The van der Waals surface area contributed by atoms with Crippen LogP contribution in [0.3, 0.4) is 0 Å². The maximum atomic E-state index is 4.23. The van der Waals surface area contributed by atoms with Crippen molar-refractivity contribution in [1.29, 1.82) is 0 Å². The fourth-order valence-electron chi connectivity index (χ4n) is 2.66. The smallest absolute Gasteiger partial charge is 0.0521 e. The van der Waals surface area contributed by atoms with Gasteiger partial charge in [-0.1, -0.05) is 41.6 Å². The standard InChI is InChI=1S/C12H19BrN2/c1-15-9-10(8-14-15)6-12(7-13)11-4-2-3-5-11/h8-9,11-12H,2-7H2,1H3. The molecule has 2 rings (SSSR count). The van der Waals surface area contributed by atoms with E-state index in [0.29, 0.717) is 0 Å². The van der Waals surface area contributed by atoms with Crippen molar-refractivity contribution in [2.24, 2.45) is 18.9 Å². The van der Waals surface area contributed by atoms with Gasteiger partial charge in [0.25, 0.3) is 0 Å². The molecule has 1 fully saturated rings. The summed E-state index contributed by atoms with van der Waals surface area (Å²) in [6.07, 6.45) is 11.1. The fourth-order valence-corrected chi connectivity index (χ4v) is 3.41. The van der Waals surface area contributed by atoms with Crippen molar-refractivity contribution < 1.29 is 0 Å². The molecule has 2 nitrogen and oxygen atoms in total. The highest BCUT2D eigenvalue weighted by atomic mass is 79.9. The van der Waals surface area contributed by atoms with E-state index >= 15 is 0 Å². The molecular weight excluding hydrogens is 252 g/mol. The Morgan fingerprint density at radius 3 is 2.80 bits per heavy atom. The molecule has 0 bridgehead atoms. The van der Waals surface area contributed by atoms with Gasteiger partial charge in [0.15, 0.2) is 0 Å². The third-order valence-corrected chi connectivity index (χ3v) is 4.35. The molecule has 1 aliphatic rings. The van der Waals surface area contributed by atoms with E-state index in [9.17, 15) is 0 Å². The second-order valence-corrected chi connectivity index (χ2v) is 5.33. The largest absolute Gasteiger partial charge is 0.276 e. The van der Waals surface area contributed by atoms with Gasteiger partial charge in [0, 0.05) is 18.6 Å². The summed E-state index contributed by atoms with van der Waals surface area (Å²) in [5.74, 6) is 1.74. The molecule has 0 N–H and O–H groups in total. The minimum atomic E-state index is 0.802. The van der Waals surface area contributed by atoms with Gasteiger partial charge < -0.3 is 0 Å². The zero-order valence-corrected chi connectivity index (χ0v) is 10.9. The predicted octanol–water partition coefficient (Wildman–Crippen LogP) is 3.16. The monoisotopic (exact) mass is 270 g/mol. The number of aryl methyl sites for hydroxylation is 1. The van der Waals surface area contributed by atoms with Gasteiger partial charge in [-0.25, -0.2) is 0 Å². The van der Waals surface area contributed by atoms with Crippen LogP contribution in [0.1, 0.15) is 31.2 Å². The molecule has 0 saturated heterocycles. The van der Waals surface area contributed by atoms with E-state index in [0.717, 1.165) is 17.2 Å². The van der Waals surface area contributed by atoms with Crippen LogP contribution in [0.15, 0.2) is 12.4 Å². The minimum Gasteiger partial charge on any atom is -0.276 e. The van der Waals surface area contributed by atoms with Gasteiger partial charge in [-0.3, -0.25) is 4.68 Å². The molecule has 3 heteroatoms. The van der Waals surface area contributed by atoms with E-state index in [1.54, 1.807) is 0 Å². The highest BCUT2D eigenvalue weighted by molar-refractivity contribution is 9.09. The molecule has 84 valence electrons. The molecule has 0 radical (unpaired) electrons. The second kappa shape index (κ2) is 5.15. The highest BCUT2D eigenvalue weighted by Gasteiger charge is 2.24. The van der Waals surface area contributed by atoms with Gasteiger partial charge in [0.2, 0.25) is 0 Å². The first-order valence-corrected chi connectivity index (χ1v) is 6.95. The van der Waals surface area contributed by atoms with Crippen molar-refractivity contribution >= 4 is 15.9 Å². The number of aromatic nitrogens is 2. The number of rotatable bonds is 4. The van der Waals surface area contributed by atoms with Crippen molar-refractivity contribution in [2.75, 3.05) is 5.33 Å². The normalized spacial score (nSPS) is 19.6. The van der Waals surface area contributed by atoms with Crippen LogP contribution in [0.25, 0.3) is 0 Å². The Kier molecular flexibility index (Phi) is 3.84. The van der Waals surface area contributed by atoms with E-state index in [4.69, 9.17) is 0 Å². The third kappa shape index (κ3) is 2.83. The zero-order valence-electron chi connectivity index (χ0n) is 9.32. The summed E-state index contributed by atoms with van der Waals surface area (Å²) in [5, 5.41) is 5.36. The average Bonchev–Trinajstić information content (AvgIpc) is 2.85. The van der Waals surface area contributed by atoms with E-state index in [1.807, 2.05) is 17.9 Å². The number of hydrogen-bond acceptors (Lipinski definition) is 1. The van der Waals surface area contributed by atoms with Gasteiger partial charge in [-0.05, 0) is 23.8 Å². The van der Waals surface area contributed by atoms with Crippen LogP contribution in [0.2, 0.25) is 0 Å². The Balaban J connectivity index is 1.95. The number of halogens is 1. The summed E-state index contributed by atoms with van der Waals surface area (Å²) in [4.78, 5) is 0. The van der Waals surface area contributed by atoms with Gasteiger partial charge in [-0.2, -0.15) is 5.10 Å². The summed E-state index contributed by atoms with van der Waals surface area (Å²) in [6.45, 7) is 0. The number of nitrogens with zero attached hydrogens (tertiary/aromatic N) is 2. The highest BCUT2D eigenvalue weighted by Crippen LogP contribution is 2.34. The summed E-state index contributed by atoms with van der Waals surface area (Å²) in [6, 6.07) is 0. The molecule has 1 atom stereocenters. The molecule has 0 aliphatic heterocycles. The maximum absolute atomic E-state index is 4.23. The summed E-state index contributed by atoms with van der Waals surface area (Å²) in [7, 11) is 1.99. The van der Waals surface area contributed by atoms with Crippen LogP contribution >= 0.6 is 15.9 Å². The molecule has 0 aromatic carbocycles. The summed E-state index contributed by atoms with van der Waals surface area (Å²) < 4.78 is 1.90. The van der Waals surface area contributed by atoms with E-state index < -0.39 is 0 Å². The Hall–Kier alpha value is -0.310. The predicted molar refractivity (Wildman–Crippen MR) is 66.2 cm³/mol. The number of alkyl halides is 1. The fraction of sp³-hybridized carbons (Fsp3) is 0.750. The quantitative estimate of drug-likeness (QED) is 0.769. The van der Waals surface area contributed by atoms with E-state index in [1.165, 1.54) is 37.7 Å². The van der Waals surface area contributed by atoms with Gasteiger partial charge >= 0.3 is 0 Å². The van der Waals surface area contributed by atoms with Crippen LogP contribution < -0.4 is 0 Å². The molecule has 1 aromatic heterocycles.